The Kier molecular flexibility index (Phi) is 3.01. The fourth-order valence-electron chi connectivity index (χ4n) is 3.35. The second-order valence-electron chi connectivity index (χ2n) is 6.03. The van der Waals surface area contributed by atoms with Gasteiger partial charge in [0.05, 0.1) is 0 Å². The number of hydrogen-bond donors (Lipinski definition) is 2. The lowest BCUT2D eigenvalue weighted by atomic mass is 9.80. The number of fused-ring (bicyclic) bond motifs is 7. The van der Waals surface area contributed by atoms with Gasteiger partial charge in [0, 0.05) is 10.8 Å². The van der Waals surface area contributed by atoms with Crippen molar-refractivity contribution in [3.8, 4) is 23.0 Å². The average molecular weight is 328 g/mol. The summed E-state index contributed by atoms with van der Waals surface area (Å²) in [5, 5.41) is 22.9. The highest BCUT2D eigenvalue weighted by atomic mass is 16.6. The summed E-state index contributed by atoms with van der Waals surface area (Å²) in [5.74, 6) is 2.35. The molecule has 4 aromatic rings. The van der Waals surface area contributed by atoms with E-state index < -0.39 is 7.12 Å². The van der Waals surface area contributed by atoms with Crippen molar-refractivity contribution in [2.24, 2.45) is 0 Å². The van der Waals surface area contributed by atoms with Gasteiger partial charge in [-0.1, -0.05) is 54.6 Å². The Morgan fingerprint density at radius 2 is 1.12 bits per heavy atom. The monoisotopic (exact) mass is 328 g/mol. The van der Waals surface area contributed by atoms with Gasteiger partial charge in [0.25, 0.3) is 0 Å². The molecule has 4 aromatic carbocycles. The molecule has 0 atom stereocenters. The van der Waals surface area contributed by atoms with E-state index in [0.29, 0.717) is 28.5 Å². The van der Waals surface area contributed by atoms with E-state index in [1.807, 2.05) is 36.4 Å². The molecule has 0 saturated carbocycles. The maximum atomic E-state index is 9.39. The van der Waals surface area contributed by atoms with E-state index in [-0.39, 0.29) is 0 Å². The van der Waals surface area contributed by atoms with Crippen molar-refractivity contribution in [1.82, 2.24) is 0 Å². The largest absolute Gasteiger partial charge is 0.488 e. The third-order valence-corrected chi connectivity index (χ3v) is 4.53. The van der Waals surface area contributed by atoms with Gasteiger partial charge >= 0.3 is 7.12 Å². The molecule has 0 aliphatic carbocycles. The van der Waals surface area contributed by atoms with E-state index in [1.54, 1.807) is 18.2 Å². The molecule has 1 aliphatic rings. The van der Waals surface area contributed by atoms with Crippen LogP contribution in [0.2, 0.25) is 0 Å². The minimum atomic E-state index is -1.55. The van der Waals surface area contributed by atoms with E-state index in [2.05, 4.69) is 12.1 Å². The SMILES string of the molecule is OB(O)c1ccc2c(c1)Oc1c(c3ccccc3c3ccccc13)O2. The highest BCUT2D eigenvalue weighted by molar-refractivity contribution is 6.58. The quantitative estimate of drug-likeness (QED) is 0.365. The van der Waals surface area contributed by atoms with Gasteiger partial charge in [-0.2, -0.15) is 0 Å². The molecular weight excluding hydrogens is 315 g/mol. The highest BCUT2D eigenvalue weighted by Crippen LogP contribution is 2.52. The second kappa shape index (κ2) is 5.24. The van der Waals surface area contributed by atoms with E-state index >= 15 is 0 Å². The van der Waals surface area contributed by atoms with Crippen LogP contribution in [0, 0.1) is 0 Å². The fraction of sp³-hybridized carbons (Fsp3) is 0. The number of rotatable bonds is 1. The Morgan fingerprint density at radius 3 is 1.68 bits per heavy atom. The van der Waals surface area contributed by atoms with Crippen molar-refractivity contribution in [1.29, 1.82) is 0 Å². The van der Waals surface area contributed by atoms with Crippen LogP contribution in [0.5, 0.6) is 23.0 Å². The van der Waals surface area contributed by atoms with Crippen LogP contribution < -0.4 is 14.9 Å². The molecule has 0 fully saturated rings. The zero-order valence-electron chi connectivity index (χ0n) is 13.1. The van der Waals surface area contributed by atoms with Gasteiger partial charge in [-0.15, -0.1) is 0 Å². The summed E-state index contributed by atoms with van der Waals surface area (Å²) in [4.78, 5) is 0. The predicted molar refractivity (Wildman–Crippen MR) is 97.9 cm³/mol. The first-order valence-corrected chi connectivity index (χ1v) is 8.01. The maximum absolute atomic E-state index is 9.39. The zero-order chi connectivity index (χ0) is 17.0. The Labute approximate surface area is 144 Å². The Balaban J connectivity index is 1.82. The van der Waals surface area contributed by atoms with Crippen LogP contribution in [-0.4, -0.2) is 17.2 Å². The minimum Gasteiger partial charge on any atom is -0.449 e. The van der Waals surface area contributed by atoms with E-state index in [0.717, 1.165) is 21.5 Å². The van der Waals surface area contributed by atoms with Crippen LogP contribution in [0.4, 0.5) is 0 Å². The van der Waals surface area contributed by atoms with Gasteiger partial charge in [0.15, 0.2) is 23.0 Å². The van der Waals surface area contributed by atoms with Gasteiger partial charge in [-0.05, 0) is 28.4 Å². The average Bonchev–Trinajstić information content (AvgIpc) is 2.66. The summed E-state index contributed by atoms with van der Waals surface area (Å²) in [5.41, 5.74) is 0.357. The Bertz CT molecular complexity index is 1140. The lowest BCUT2D eigenvalue weighted by molar-refractivity contribution is 0.366. The van der Waals surface area contributed by atoms with Crippen LogP contribution in [0.1, 0.15) is 0 Å². The van der Waals surface area contributed by atoms with E-state index in [4.69, 9.17) is 9.47 Å². The number of ether oxygens (including phenoxy) is 2. The Morgan fingerprint density at radius 1 is 0.600 bits per heavy atom. The van der Waals surface area contributed by atoms with Crippen molar-refractivity contribution < 1.29 is 19.5 Å². The van der Waals surface area contributed by atoms with Crippen LogP contribution in [0.15, 0.2) is 66.7 Å². The summed E-state index contributed by atoms with van der Waals surface area (Å²) in [6.07, 6.45) is 0. The molecule has 0 aromatic heterocycles. The molecule has 5 heteroatoms. The molecule has 1 aliphatic heterocycles. The predicted octanol–water partition coefficient (Wildman–Crippen LogP) is 3.57. The lowest BCUT2D eigenvalue weighted by Crippen LogP contribution is -2.29. The van der Waals surface area contributed by atoms with Crippen molar-refractivity contribution >= 4 is 34.1 Å². The van der Waals surface area contributed by atoms with Gasteiger partial charge in [0.2, 0.25) is 0 Å². The second-order valence-corrected chi connectivity index (χ2v) is 6.03. The van der Waals surface area contributed by atoms with Gasteiger partial charge in [-0.25, -0.2) is 0 Å². The van der Waals surface area contributed by atoms with Crippen molar-refractivity contribution in [3.05, 3.63) is 66.7 Å². The van der Waals surface area contributed by atoms with E-state index in [9.17, 15) is 10.0 Å². The smallest absolute Gasteiger partial charge is 0.449 e. The summed E-state index contributed by atoms with van der Waals surface area (Å²) in [6.45, 7) is 0. The molecule has 4 nitrogen and oxygen atoms in total. The highest BCUT2D eigenvalue weighted by Gasteiger charge is 2.25. The molecule has 25 heavy (non-hydrogen) atoms. The number of hydrogen-bond acceptors (Lipinski definition) is 4. The Hall–Kier alpha value is -3.02. The third-order valence-electron chi connectivity index (χ3n) is 4.53. The molecule has 0 unspecified atom stereocenters. The van der Waals surface area contributed by atoms with Crippen molar-refractivity contribution in [3.63, 3.8) is 0 Å². The van der Waals surface area contributed by atoms with Gasteiger partial charge in [-0.3, -0.25) is 0 Å². The molecule has 1 heterocycles. The van der Waals surface area contributed by atoms with Crippen LogP contribution >= 0.6 is 0 Å². The number of benzene rings is 4. The van der Waals surface area contributed by atoms with E-state index in [1.165, 1.54) is 0 Å². The van der Waals surface area contributed by atoms with Crippen molar-refractivity contribution in [2.75, 3.05) is 0 Å². The van der Waals surface area contributed by atoms with Crippen LogP contribution in [0.3, 0.4) is 0 Å². The first kappa shape index (κ1) is 14.3. The lowest BCUT2D eigenvalue weighted by Gasteiger charge is -2.24. The molecule has 5 rings (SSSR count). The molecule has 0 bridgehead atoms. The van der Waals surface area contributed by atoms with Crippen LogP contribution in [-0.2, 0) is 0 Å². The molecule has 0 saturated heterocycles. The first-order chi connectivity index (χ1) is 12.2. The standard InChI is InChI=1S/C20H13BO4/c22-21(23)12-9-10-17-18(11-12)25-20-16-8-4-2-6-14(16)13-5-1-3-7-15(13)19(20)24-17/h1-11,22-23H. The summed E-state index contributed by atoms with van der Waals surface area (Å²) >= 11 is 0. The molecular formula is C20H13BO4. The van der Waals surface area contributed by atoms with Crippen LogP contribution in [0.25, 0.3) is 21.5 Å². The maximum Gasteiger partial charge on any atom is 0.488 e. The van der Waals surface area contributed by atoms with Gasteiger partial charge < -0.3 is 19.5 Å². The van der Waals surface area contributed by atoms with Crippen molar-refractivity contribution in [2.45, 2.75) is 0 Å². The summed E-state index contributed by atoms with van der Waals surface area (Å²) in [6, 6.07) is 21.0. The topological polar surface area (TPSA) is 58.9 Å². The normalized spacial score (nSPS) is 12.2. The molecule has 120 valence electrons. The minimum absolute atomic E-state index is 0.357. The fourth-order valence-corrected chi connectivity index (χ4v) is 3.35. The molecule has 2 N–H and O–H groups in total. The van der Waals surface area contributed by atoms with Gasteiger partial charge in [0.1, 0.15) is 0 Å². The summed E-state index contributed by atoms with van der Waals surface area (Å²) < 4.78 is 12.3. The summed E-state index contributed by atoms with van der Waals surface area (Å²) in [7, 11) is -1.55. The first-order valence-electron chi connectivity index (χ1n) is 8.01. The third kappa shape index (κ3) is 2.10. The zero-order valence-corrected chi connectivity index (χ0v) is 13.1. The molecule has 0 radical (unpaired) electrons. The molecule has 0 spiro atoms. The molecule has 0 amide bonds.